The van der Waals surface area contributed by atoms with E-state index in [1.54, 1.807) is 12.1 Å². The summed E-state index contributed by atoms with van der Waals surface area (Å²) in [6.07, 6.45) is 2.73. The Balaban J connectivity index is 1.97. The first-order valence-corrected chi connectivity index (χ1v) is 8.11. The lowest BCUT2D eigenvalue weighted by Crippen LogP contribution is -2.14. The summed E-state index contributed by atoms with van der Waals surface area (Å²) in [6.45, 7) is 7.62. The summed E-state index contributed by atoms with van der Waals surface area (Å²) in [5, 5.41) is 0. The summed E-state index contributed by atoms with van der Waals surface area (Å²) in [5.74, 6) is -1.19. The van der Waals surface area contributed by atoms with Gasteiger partial charge in [0.05, 0.1) is 0 Å². The van der Waals surface area contributed by atoms with Crippen LogP contribution in [0.4, 0.5) is 4.39 Å². The lowest BCUT2D eigenvalue weighted by atomic mass is 10.1. The minimum atomic E-state index is -0.615. The zero-order valence-corrected chi connectivity index (χ0v) is 14.9. The highest BCUT2D eigenvalue weighted by atomic mass is 19.1. The summed E-state index contributed by atoms with van der Waals surface area (Å²) in [6, 6.07) is 7.77. The average molecular weight is 343 g/mol. The van der Waals surface area contributed by atoms with Crippen LogP contribution >= 0.6 is 0 Å². The highest BCUT2D eigenvalue weighted by molar-refractivity contribution is 6.00. The van der Waals surface area contributed by atoms with Crippen molar-refractivity contribution in [2.75, 3.05) is 6.61 Å². The highest BCUT2D eigenvalue weighted by Crippen LogP contribution is 2.20. The molecule has 0 saturated heterocycles. The minimum absolute atomic E-state index is 0.233. The van der Waals surface area contributed by atoms with Crippen molar-refractivity contribution in [2.45, 2.75) is 33.7 Å². The van der Waals surface area contributed by atoms with Crippen LogP contribution in [0, 0.1) is 19.7 Å². The molecule has 0 atom stereocenters. The second-order valence-electron chi connectivity index (χ2n) is 6.16. The maximum absolute atomic E-state index is 12.8. The lowest BCUT2D eigenvalue weighted by Gasteiger charge is -2.13. The predicted octanol–water partition coefficient (Wildman–Crippen LogP) is 4.26. The van der Waals surface area contributed by atoms with Crippen LogP contribution in [0.3, 0.4) is 0 Å². The van der Waals surface area contributed by atoms with Gasteiger partial charge in [-0.1, -0.05) is 12.1 Å². The number of esters is 1. The third-order valence-electron chi connectivity index (χ3n) is 3.93. The number of ether oxygens (including phenoxy) is 1. The van der Waals surface area contributed by atoms with Gasteiger partial charge in [-0.3, -0.25) is 4.79 Å². The number of halogens is 1. The molecule has 1 heterocycles. The summed E-state index contributed by atoms with van der Waals surface area (Å²) in [4.78, 5) is 24.1. The van der Waals surface area contributed by atoms with Crippen LogP contribution in [-0.4, -0.2) is 22.9 Å². The van der Waals surface area contributed by atoms with Crippen LogP contribution in [0.2, 0.25) is 0 Å². The van der Waals surface area contributed by atoms with Crippen molar-refractivity contribution >= 4 is 17.8 Å². The molecule has 0 bridgehead atoms. The second-order valence-corrected chi connectivity index (χ2v) is 6.16. The number of aromatic nitrogens is 1. The van der Waals surface area contributed by atoms with E-state index in [9.17, 15) is 14.0 Å². The Morgan fingerprint density at radius 2 is 1.84 bits per heavy atom. The fourth-order valence-electron chi connectivity index (χ4n) is 2.85. The molecular weight excluding hydrogens is 321 g/mol. The molecule has 0 aliphatic rings. The topological polar surface area (TPSA) is 48.3 Å². The largest absolute Gasteiger partial charge is 0.454 e. The first kappa shape index (κ1) is 18.6. The normalized spacial score (nSPS) is 11.3. The fourth-order valence-corrected chi connectivity index (χ4v) is 2.85. The molecule has 0 fully saturated rings. The molecule has 0 aliphatic heterocycles. The second kappa shape index (κ2) is 7.92. The SMILES string of the molecule is Cc1cc(C(=O)COC(=O)/C=C/c2ccc(F)cc2)c(C)n1C(C)C. The quantitative estimate of drug-likeness (QED) is 0.447. The molecule has 0 amide bonds. The molecule has 2 aromatic rings. The molecule has 2 rings (SSSR count). The molecule has 25 heavy (non-hydrogen) atoms. The number of aryl methyl sites for hydroxylation is 1. The van der Waals surface area contributed by atoms with E-state index in [0.29, 0.717) is 11.1 Å². The van der Waals surface area contributed by atoms with Gasteiger partial charge in [0.25, 0.3) is 0 Å². The number of rotatable bonds is 6. The van der Waals surface area contributed by atoms with E-state index in [0.717, 1.165) is 11.4 Å². The fraction of sp³-hybridized carbons (Fsp3) is 0.300. The lowest BCUT2D eigenvalue weighted by molar-refractivity contribution is -0.136. The number of hydrogen-bond donors (Lipinski definition) is 0. The Labute approximate surface area is 146 Å². The van der Waals surface area contributed by atoms with Crippen molar-refractivity contribution in [1.82, 2.24) is 4.57 Å². The maximum Gasteiger partial charge on any atom is 0.331 e. The Bertz CT molecular complexity index is 801. The van der Waals surface area contributed by atoms with E-state index in [4.69, 9.17) is 4.74 Å². The van der Waals surface area contributed by atoms with E-state index < -0.39 is 5.97 Å². The third kappa shape index (κ3) is 4.66. The molecule has 1 aromatic heterocycles. The first-order valence-electron chi connectivity index (χ1n) is 8.11. The molecule has 0 unspecified atom stereocenters. The Kier molecular flexibility index (Phi) is 5.91. The van der Waals surface area contributed by atoms with Crippen LogP contribution in [-0.2, 0) is 9.53 Å². The Morgan fingerprint density at radius 1 is 1.20 bits per heavy atom. The Morgan fingerprint density at radius 3 is 2.40 bits per heavy atom. The van der Waals surface area contributed by atoms with Gasteiger partial charge in [-0.25, -0.2) is 9.18 Å². The van der Waals surface area contributed by atoms with Gasteiger partial charge >= 0.3 is 5.97 Å². The highest BCUT2D eigenvalue weighted by Gasteiger charge is 2.18. The molecule has 1 aromatic carbocycles. The van der Waals surface area contributed by atoms with Crippen molar-refractivity contribution < 1.29 is 18.7 Å². The monoisotopic (exact) mass is 343 g/mol. The number of nitrogens with zero attached hydrogens (tertiary/aromatic N) is 1. The molecule has 0 aliphatic carbocycles. The minimum Gasteiger partial charge on any atom is -0.454 e. The number of Topliss-reactive ketones (excluding diaryl/α,β-unsaturated/α-hetero) is 1. The molecule has 0 spiro atoms. The van der Waals surface area contributed by atoms with Gasteiger partial charge in [-0.15, -0.1) is 0 Å². The van der Waals surface area contributed by atoms with Crippen LogP contribution in [0.1, 0.15) is 47.2 Å². The van der Waals surface area contributed by atoms with E-state index in [1.807, 2.05) is 19.9 Å². The Hall–Kier alpha value is -2.69. The number of carbonyl (C=O) groups is 2. The summed E-state index contributed by atoms with van der Waals surface area (Å²) in [7, 11) is 0. The van der Waals surface area contributed by atoms with Gasteiger partial charge in [-0.2, -0.15) is 0 Å². The van der Waals surface area contributed by atoms with Crippen molar-refractivity contribution in [3.05, 3.63) is 64.7 Å². The van der Waals surface area contributed by atoms with Gasteiger partial charge in [-0.05, 0) is 57.5 Å². The molecule has 0 N–H and O–H groups in total. The van der Waals surface area contributed by atoms with Crippen molar-refractivity contribution in [2.24, 2.45) is 0 Å². The zero-order chi connectivity index (χ0) is 18.6. The number of benzene rings is 1. The van der Waals surface area contributed by atoms with Crippen molar-refractivity contribution in [1.29, 1.82) is 0 Å². The summed E-state index contributed by atoms with van der Waals surface area (Å²) >= 11 is 0. The summed E-state index contributed by atoms with van der Waals surface area (Å²) < 4.78 is 19.9. The molecule has 5 heteroatoms. The van der Waals surface area contributed by atoms with Crippen molar-refractivity contribution in [3.8, 4) is 0 Å². The van der Waals surface area contributed by atoms with E-state index in [1.165, 1.54) is 24.3 Å². The van der Waals surface area contributed by atoms with Crippen LogP contribution in [0.5, 0.6) is 0 Å². The van der Waals surface area contributed by atoms with Gasteiger partial charge in [0, 0.05) is 29.1 Å². The van der Waals surface area contributed by atoms with Gasteiger partial charge < -0.3 is 9.30 Å². The van der Waals surface area contributed by atoms with Gasteiger partial charge in [0.1, 0.15) is 5.82 Å². The van der Waals surface area contributed by atoms with Crippen LogP contribution in [0.15, 0.2) is 36.4 Å². The smallest absolute Gasteiger partial charge is 0.331 e. The van der Waals surface area contributed by atoms with Gasteiger partial charge in [0.2, 0.25) is 5.78 Å². The third-order valence-corrected chi connectivity index (χ3v) is 3.93. The molecule has 0 radical (unpaired) electrons. The molecule has 4 nitrogen and oxygen atoms in total. The van der Waals surface area contributed by atoms with E-state index >= 15 is 0 Å². The predicted molar refractivity (Wildman–Crippen MR) is 95.0 cm³/mol. The number of ketones is 1. The standard InChI is InChI=1S/C20H22FNO3/c1-13(2)22-14(3)11-18(15(22)4)19(23)12-25-20(24)10-7-16-5-8-17(21)9-6-16/h5-11,13H,12H2,1-4H3/b10-7+. The zero-order valence-electron chi connectivity index (χ0n) is 14.9. The van der Waals surface area contributed by atoms with Crippen LogP contribution in [0.25, 0.3) is 6.08 Å². The number of carbonyl (C=O) groups excluding carboxylic acids is 2. The maximum atomic E-state index is 12.8. The van der Waals surface area contributed by atoms with E-state index in [-0.39, 0.29) is 24.2 Å². The molecule has 132 valence electrons. The number of hydrogen-bond acceptors (Lipinski definition) is 3. The van der Waals surface area contributed by atoms with Crippen molar-refractivity contribution in [3.63, 3.8) is 0 Å². The summed E-state index contributed by atoms with van der Waals surface area (Å²) in [5.41, 5.74) is 3.11. The van der Waals surface area contributed by atoms with E-state index in [2.05, 4.69) is 18.4 Å². The first-order chi connectivity index (χ1) is 11.8. The molecule has 0 saturated carbocycles. The molecular formula is C20H22FNO3. The van der Waals surface area contributed by atoms with Gasteiger partial charge in [0.15, 0.2) is 6.61 Å². The van der Waals surface area contributed by atoms with Crippen LogP contribution < -0.4 is 0 Å². The average Bonchev–Trinajstić information content (AvgIpc) is 2.86.